The second kappa shape index (κ2) is 7.48. The summed E-state index contributed by atoms with van der Waals surface area (Å²) in [6, 6.07) is 6.51. The van der Waals surface area contributed by atoms with Crippen LogP contribution in [-0.4, -0.2) is 28.2 Å². The molecule has 0 amide bonds. The van der Waals surface area contributed by atoms with Crippen LogP contribution in [0, 0.1) is 13.8 Å². The van der Waals surface area contributed by atoms with Crippen molar-refractivity contribution in [3.05, 3.63) is 41.1 Å². The van der Waals surface area contributed by atoms with E-state index < -0.39 is 11.9 Å². The Labute approximate surface area is 138 Å². The minimum atomic E-state index is -4.57. The van der Waals surface area contributed by atoms with Gasteiger partial charge in [-0.05, 0) is 37.5 Å². The topological polar surface area (TPSA) is 70.1 Å². The number of alkyl halides is 3. The minimum absolute atomic E-state index is 0.0533. The highest BCUT2D eigenvalue weighted by Gasteiger charge is 2.33. The molecule has 5 nitrogen and oxygen atoms in total. The number of aliphatic hydroxyl groups is 1. The molecule has 0 atom stereocenters. The van der Waals surface area contributed by atoms with Crippen LogP contribution in [0.3, 0.4) is 0 Å². The first-order valence-electron chi connectivity index (χ1n) is 7.45. The third-order valence-electron chi connectivity index (χ3n) is 3.29. The Balaban J connectivity index is 2.33. The van der Waals surface area contributed by atoms with Gasteiger partial charge in [0.1, 0.15) is 5.82 Å². The molecule has 8 heteroatoms. The SMILES string of the molecule is Cc1ccc(C)c(Nc2cc(C(F)(F)F)nc(NCCCO)n2)c1. The van der Waals surface area contributed by atoms with E-state index in [2.05, 4.69) is 20.6 Å². The van der Waals surface area contributed by atoms with Crippen LogP contribution in [0.1, 0.15) is 23.2 Å². The predicted molar refractivity (Wildman–Crippen MR) is 86.4 cm³/mol. The maximum Gasteiger partial charge on any atom is 0.433 e. The van der Waals surface area contributed by atoms with Crippen molar-refractivity contribution in [2.75, 3.05) is 23.8 Å². The molecule has 3 N–H and O–H groups in total. The Bertz CT molecular complexity index is 704. The number of rotatable bonds is 6. The van der Waals surface area contributed by atoms with E-state index >= 15 is 0 Å². The van der Waals surface area contributed by atoms with Crippen LogP contribution in [-0.2, 0) is 6.18 Å². The highest BCUT2D eigenvalue weighted by atomic mass is 19.4. The molecule has 0 bridgehead atoms. The molecule has 0 unspecified atom stereocenters. The van der Waals surface area contributed by atoms with Crippen LogP contribution in [0.2, 0.25) is 0 Å². The number of aryl methyl sites for hydroxylation is 2. The highest BCUT2D eigenvalue weighted by molar-refractivity contribution is 5.62. The van der Waals surface area contributed by atoms with Gasteiger partial charge in [-0.2, -0.15) is 18.2 Å². The molecule has 0 aliphatic heterocycles. The van der Waals surface area contributed by atoms with Crippen molar-refractivity contribution in [3.8, 4) is 0 Å². The standard InChI is InChI=1S/C16H19F3N4O/c1-10-4-5-11(2)12(8-10)21-14-9-13(16(17,18)19)22-15(23-14)20-6-3-7-24/h4-5,8-9,24H,3,6-7H2,1-2H3,(H2,20,21,22,23). The van der Waals surface area contributed by atoms with Gasteiger partial charge in [0, 0.05) is 24.9 Å². The zero-order valence-corrected chi connectivity index (χ0v) is 13.4. The van der Waals surface area contributed by atoms with Crippen LogP contribution >= 0.6 is 0 Å². The van der Waals surface area contributed by atoms with E-state index in [0.29, 0.717) is 12.1 Å². The number of nitrogens with one attached hydrogen (secondary N) is 2. The fraction of sp³-hybridized carbons (Fsp3) is 0.375. The molecule has 1 heterocycles. The molecular formula is C16H19F3N4O. The molecule has 0 radical (unpaired) electrons. The van der Waals surface area contributed by atoms with Crippen molar-refractivity contribution in [2.45, 2.75) is 26.4 Å². The lowest BCUT2D eigenvalue weighted by Gasteiger charge is -2.14. The zero-order chi connectivity index (χ0) is 17.7. The van der Waals surface area contributed by atoms with Gasteiger partial charge < -0.3 is 15.7 Å². The average molecular weight is 340 g/mol. The normalized spacial score (nSPS) is 11.4. The van der Waals surface area contributed by atoms with Gasteiger partial charge >= 0.3 is 6.18 Å². The van der Waals surface area contributed by atoms with E-state index in [4.69, 9.17) is 5.11 Å². The number of anilines is 3. The Morgan fingerprint density at radius 3 is 2.54 bits per heavy atom. The first-order chi connectivity index (χ1) is 11.3. The van der Waals surface area contributed by atoms with Crippen molar-refractivity contribution in [1.29, 1.82) is 0 Å². The van der Waals surface area contributed by atoms with Gasteiger partial charge in [-0.3, -0.25) is 0 Å². The quantitative estimate of drug-likeness (QED) is 0.700. The van der Waals surface area contributed by atoms with E-state index in [1.807, 2.05) is 32.0 Å². The van der Waals surface area contributed by atoms with Crippen LogP contribution < -0.4 is 10.6 Å². The third kappa shape index (κ3) is 4.82. The molecule has 24 heavy (non-hydrogen) atoms. The lowest BCUT2D eigenvalue weighted by molar-refractivity contribution is -0.141. The van der Waals surface area contributed by atoms with E-state index in [1.165, 1.54) is 0 Å². The molecule has 0 fully saturated rings. The fourth-order valence-corrected chi connectivity index (χ4v) is 2.02. The van der Waals surface area contributed by atoms with Gasteiger partial charge in [0.15, 0.2) is 5.69 Å². The maximum atomic E-state index is 13.0. The number of aromatic nitrogens is 2. The summed E-state index contributed by atoms with van der Waals surface area (Å²) >= 11 is 0. The van der Waals surface area contributed by atoms with Crippen LogP contribution in [0.5, 0.6) is 0 Å². The van der Waals surface area contributed by atoms with Crippen molar-refractivity contribution in [3.63, 3.8) is 0 Å². The van der Waals surface area contributed by atoms with E-state index in [9.17, 15) is 13.2 Å². The molecule has 0 aliphatic rings. The second-order valence-corrected chi connectivity index (χ2v) is 5.41. The molecule has 0 saturated heterocycles. The van der Waals surface area contributed by atoms with Crippen molar-refractivity contribution in [2.24, 2.45) is 0 Å². The number of hydrogen-bond acceptors (Lipinski definition) is 5. The van der Waals surface area contributed by atoms with Gasteiger partial charge in [0.05, 0.1) is 0 Å². The molecule has 0 aliphatic carbocycles. The first-order valence-corrected chi connectivity index (χ1v) is 7.45. The summed E-state index contributed by atoms with van der Waals surface area (Å²) in [6.45, 7) is 3.96. The molecule has 2 aromatic rings. The summed E-state index contributed by atoms with van der Waals surface area (Å²) in [5, 5.41) is 14.4. The first kappa shape index (κ1) is 18.0. The number of aliphatic hydroxyl groups excluding tert-OH is 1. The molecule has 2 rings (SSSR count). The van der Waals surface area contributed by atoms with E-state index in [1.54, 1.807) is 0 Å². The van der Waals surface area contributed by atoms with Gasteiger partial charge in [0.2, 0.25) is 5.95 Å². The Morgan fingerprint density at radius 1 is 1.12 bits per heavy atom. The summed E-state index contributed by atoms with van der Waals surface area (Å²) in [5.74, 6) is -0.0800. The fourth-order valence-electron chi connectivity index (χ4n) is 2.02. The number of benzene rings is 1. The smallest absolute Gasteiger partial charge is 0.396 e. The van der Waals surface area contributed by atoms with Crippen LogP contribution in [0.15, 0.2) is 24.3 Å². The van der Waals surface area contributed by atoms with Crippen molar-refractivity contribution in [1.82, 2.24) is 9.97 Å². The molecular weight excluding hydrogens is 321 g/mol. The van der Waals surface area contributed by atoms with Crippen LogP contribution in [0.25, 0.3) is 0 Å². The van der Waals surface area contributed by atoms with Crippen LogP contribution in [0.4, 0.5) is 30.6 Å². The lowest BCUT2D eigenvalue weighted by atomic mass is 10.1. The lowest BCUT2D eigenvalue weighted by Crippen LogP contribution is -2.14. The summed E-state index contributed by atoms with van der Waals surface area (Å²) < 4.78 is 39.1. The van der Waals surface area contributed by atoms with Crippen molar-refractivity contribution < 1.29 is 18.3 Å². The summed E-state index contributed by atoms with van der Waals surface area (Å²) in [7, 11) is 0. The molecule has 130 valence electrons. The number of hydrogen-bond donors (Lipinski definition) is 3. The molecule has 1 aromatic carbocycles. The van der Waals surface area contributed by atoms with Gasteiger partial charge in [-0.1, -0.05) is 12.1 Å². The van der Waals surface area contributed by atoms with E-state index in [-0.39, 0.29) is 24.9 Å². The number of halogens is 3. The van der Waals surface area contributed by atoms with Gasteiger partial charge in [0.25, 0.3) is 0 Å². The molecule has 0 saturated carbocycles. The van der Waals surface area contributed by atoms with E-state index in [0.717, 1.165) is 17.2 Å². The minimum Gasteiger partial charge on any atom is -0.396 e. The van der Waals surface area contributed by atoms with Gasteiger partial charge in [-0.25, -0.2) is 4.98 Å². The summed E-state index contributed by atoms with van der Waals surface area (Å²) in [4.78, 5) is 7.56. The molecule has 0 spiro atoms. The zero-order valence-electron chi connectivity index (χ0n) is 13.4. The highest BCUT2D eigenvalue weighted by Crippen LogP contribution is 2.31. The Kier molecular flexibility index (Phi) is 5.61. The maximum absolute atomic E-state index is 13.0. The Morgan fingerprint density at radius 2 is 1.88 bits per heavy atom. The number of nitrogens with zero attached hydrogens (tertiary/aromatic N) is 2. The second-order valence-electron chi connectivity index (χ2n) is 5.41. The third-order valence-corrected chi connectivity index (χ3v) is 3.29. The molecule has 1 aromatic heterocycles. The van der Waals surface area contributed by atoms with Crippen molar-refractivity contribution >= 4 is 17.5 Å². The average Bonchev–Trinajstić information content (AvgIpc) is 2.50. The summed E-state index contributed by atoms with van der Waals surface area (Å²) in [5.41, 5.74) is 1.52. The van der Waals surface area contributed by atoms with Gasteiger partial charge in [-0.15, -0.1) is 0 Å². The Hall–Kier alpha value is -2.35. The largest absolute Gasteiger partial charge is 0.433 e. The summed E-state index contributed by atoms with van der Waals surface area (Å²) in [6.07, 6.45) is -4.19. The predicted octanol–water partition coefficient (Wildman–Crippen LogP) is 3.65. The monoisotopic (exact) mass is 340 g/mol.